The zero-order chi connectivity index (χ0) is 24.5. The molecule has 0 aliphatic carbocycles. The molecule has 2 saturated heterocycles. The number of ether oxygens (including phenoxy) is 1. The lowest BCUT2D eigenvalue weighted by Crippen LogP contribution is -2.51. The molecule has 186 valence electrons. The van der Waals surface area contributed by atoms with Crippen LogP contribution < -0.4 is 4.90 Å². The Labute approximate surface area is 197 Å². The van der Waals surface area contributed by atoms with Crippen LogP contribution in [0, 0.1) is 11.7 Å². The summed E-state index contributed by atoms with van der Waals surface area (Å²) in [5.74, 6) is -0.371. The Kier molecular flexibility index (Phi) is 7.21. The van der Waals surface area contributed by atoms with E-state index in [4.69, 9.17) is 4.74 Å². The summed E-state index contributed by atoms with van der Waals surface area (Å²) < 4.78 is 81.5. The van der Waals surface area contributed by atoms with E-state index < -0.39 is 22.1 Å². The molecule has 0 radical (unpaired) electrons. The normalized spacial score (nSPS) is 24.9. The van der Waals surface area contributed by atoms with Crippen LogP contribution in [-0.4, -0.2) is 64.6 Å². The molecule has 0 unspecified atom stereocenters. The van der Waals surface area contributed by atoms with Crippen LogP contribution in [0.1, 0.15) is 24.4 Å². The van der Waals surface area contributed by atoms with E-state index in [9.17, 15) is 26.0 Å². The van der Waals surface area contributed by atoms with Crippen molar-refractivity contribution in [3.8, 4) is 0 Å². The summed E-state index contributed by atoms with van der Waals surface area (Å²) in [5.41, 5.74) is 1.68. The van der Waals surface area contributed by atoms with Crippen LogP contribution in [0.4, 0.5) is 23.2 Å². The van der Waals surface area contributed by atoms with Crippen molar-refractivity contribution in [2.24, 2.45) is 5.92 Å². The summed E-state index contributed by atoms with van der Waals surface area (Å²) >= 11 is 0. The number of alkyl halides is 3. The smallest absolute Gasteiger partial charge is 0.368 e. The maximum Gasteiger partial charge on any atom is 0.414 e. The van der Waals surface area contributed by atoms with Crippen molar-refractivity contribution in [2.45, 2.75) is 36.1 Å². The summed E-state index contributed by atoms with van der Waals surface area (Å²) in [6.07, 6.45) is -4.49. The van der Waals surface area contributed by atoms with Gasteiger partial charge in [-0.1, -0.05) is 18.2 Å². The summed E-state index contributed by atoms with van der Waals surface area (Å²) in [6.45, 7) is 2.42. The van der Waals surface area contributed by atoms with Gasteiger partial charge in [0.25, 0.3) is 0 Å². The molecule has 2 aliphatic rings. The lowest BCUT2D eigenvalue weighted by Gasteiger charge is -2.44. The molecule has 2 fully saturated rings. The van der Waals surface area contributed by atoms with Crippen LogP contribution in [0.3, 0.4) is 0 Å². The lowest BCUT2D eigenvalue weighted by atomic mass is 9.94. The van der Waals surface area contributed by atoms with Crippen LogP contribution in [0.15, 0.2) is 53.4 Å². The molecule has 34 heavy (non-hydrogen) atoms. The van der Waals surface area contributed by atoms with Crippen molar-refractivity contribution in [1.82, 2.24) is 4.90 Å². The fourth-order valence-electron chi connectivity index (χ4n) is 4.73. The molecule has 2 aromatic rings. The number of halogens is 4. The number of hydrogen-bond acceptors (Lipinski definition) is 5. The molecule has 10 heteroatoms. The number of rotatable bonds is 5. The fourth-order valence-corrected chi connectivity index (χ4v) is 5.39. The Balaban J connectivity index is 1.51. The Morgan fingerprint density at radius 1 is 1.06 bits per heavy atom. The van der Waals surface area contributed by atoms with Crippen molar-refractivity contribution >= 4 is 15.5 Å². The summed E-state index contributed by atoms with van der Waals surface area (Å²) in [4.78, 5) is 4.55. The highest BCUT2D eigenvalue weighted by Crippen LogP contribution is 2.34. The van der Waals surface area contributed by atoms with E-state index in [1.54, 1.807) is 30.3 Å². The van der Waals surface area contributed by atoms with Crippen molar-refractivity contribution < 1.29 is 30.7 Å². The molecular formula is C24H28F4N2O3S. The van der Waals surface area contributed by atoms with Crippen LogP contribution in [0.2, 0.25) is 0 Å². The minimum absolute atomic E-state index is 0.0262. The fraction of sp³-hybridized carbons (Fsp3) is 0.500. The van der Waals surface area contributed by atoms with Crippen LogP contribution in [0.5, 0.6) is 0 Å². The number of hydrogen-bond donors (Lipinski definition) is 0. The number of benzene rings is 2. The van der Waals surface area contributed by atoms with Crippen molar-refractivity contribution in [1.29, 1.82) is 0 Å². The first-order valence-corrected chi connectivity index (χ1v) is 13.1. The van der Waals surface area contributed by atoms with Gasteiger partial charge in [0, 0.05) is 38.1 Å². The molecule has 3 atom stereocenters. The summed E-state index contributed by atoms with van der Waals surface area (Å²) in [7, 11) is -3.35. The molecule has 2 aromatic carbocycles. The third-order valence-corrected chi connectivity index (χ3v) is 7.70. The molecule has 0 saturated carbocycles. The molecule has 5 nitrogen and oxygen atoms in total. The van der Waals surface area contributed by atoms with Crippen LogP contribution >= 0.6 is 0 Å². The molecule has 0 bridgehead atoms. The Morgan fingerprint density at radius 2 is 1.79 bits per heavy atom. The van der Waals surface area contributed by atoms with E-state index in [0.29, 0.717) is 32.6 Å². The van der Waals surface area contributed by atoms with Crippen molar-refractivity contribution in [2.75, 3.05) is 43.9 Å². The van der Waals surface area contributed by atoms with E-state index in [0.717, 1.165) is 11.3 Å². The Bertz CT molecular complexity index is 1080. The predicted octanol–water partition coefficient (Wildman–Crippen LogP) is 4.45. The van der Waals surface area contributed by atoms with Gasteiger partial charge in [0.15, 0.2) is 15.9 Å². The maximum atomic E-state index is 13.6. The number of piperazine rings is 1. The highest BCUT2D eigenvalue weighted by molar-refractivity contribution is 7.90. The molecular weight excluding hydrogens is 472 g/mol. The lowest BCUT2D eigenvalue weighted by molar-refractivity contribution is -0.236. The minimum Gasteiger partial charge on any atom is -0.368 e. The molecule has 4 rings (SSSR count). The minimum atomic E-state index is -4.34. The maximum absolute atomic E-state index is 13.6. The summed E-state index contributed by atoms with van der Waals surface area (Å²) in [5, 5.41) is 0. The van der Waals surface area contributed by atoms with Crippen molar-refractivity contribution in [3.63, 3.8) is 0 Å². The second kappa shape index (κ2) is 9.83. The SMILES string of the molecule is CS(=O)(=O)c1cccc(N2CCN(C[C@H]3CC[C@@H](C(F)(F)F)OC3)[C@@H](c3ccc(F)cc3)C2)c1. The third kappa shape index (κ3) is 5.90. The van der Waals surface area contributed by atoms with Gasteiger partial charge in [-0.05, 0) is 54.7 Å². The standard InChI is InChI=1S/C24H28F4N2O3S/c1-34(31,32)21-4-2-3-20(13-21)29-11-12-30(22(15-29)18-6-8-19(25)9-7-18)14-17-5-10-23(33-16-17)24(26,27)28/h2-4,6-9,13,17,22-23H,5,10-12,14-16H2,1H3/t17-,22-,23+/m1/s1. The van der Waals surface area contributed by atoms with E-state index in [1.165, 1.54) is 18.4 Å². The molecule has 0 N–H and O–H groups in total. The van der Waals surface area contributed by atoms with Gasteiger partial charge in [-0.2, -0.15) is 13.2 Å². The second-order valence-electron chi connectivity index (χ2n) is 9.08. The zero-order valence-corrected chi connectivity index (χ0v) is 19.7. The van der Waals surface area contributed by atoms with Crippen LogP contribution in [0.25, 0.3) is 0 Å². The average molecular weight is 501 g/mol. The van der Waals surface area contributed by atoms with Gasteiger partial charge >= 0.3 is 6.18 Å². The largest absolute Gasteiger partial charge is 0.414 e. The highest BCUT2D eigenvalue weighted by atomic mass is 32.2. The monoisotopic (exact) mass is 500 g/mol. The highest BCUT2D eigenvalue weighted by Gasteiger charge is 2.43. The van der Waals surface area contributed by atoms with Gasteiger partial charge in [-0.15, -0.1) is 0 Å². The average Bonchev–Trinajstić information content (AvgIpc) is 2.79. The third-order valence-electron chi connectivity index (χ3n) is 6.58. The van der Waals surface area contributed by atoms with Gasteiger partial charge in [-0.25, -0.2) is 12.8 Å². The number of anilines is 1. The first kappa shape index (κ1) is 24.9. The van der Waals surface area contributed by atoms with Gasteiger partial charge in [0.1, 0.15) is 5.82 Å². The molecule has 2 aliphatic heterocycles. The van der Waals surface area contributed by atoms with E-state index in [-0.39, 0.29) is 35.7 Å². The molecule has 0 aromatic heterocycles. The van der Waals surface area contributed by atoms with E-state index >= 15 is 0 Å². The molecule has 2 heterocycles. The van der Waals surface area contributed by atoms with Gasteiger partial charge in [-0.3, -0.25) is 4.90 Å². The van der Waals surface area contributed by atoms with E-state index in [2.05, 4.69) is 9.80 Å². The van der Waals surface area contributed by atoms with Gasteiger partial charge in [0.05, 0.1) is 17.5 Å². The Hall–Kier alpha value is -2.17. The predicted molar refractivity (Wildman–Crippen MR) is 121 cm³/mol. The topological polar surface area (TPSA) is 49.9 Å². The number of sulfone groups is 1. The summed E-state index contributed by atoms with van der Waals surface area (Å²) in [6, 6.07) is 12.9. The zero-order valence-electron chi connectivity index (χ0n) is 18.8. The van der Waals surface area contributed by atoms with Gasteiger partial charge < -0.3 is 9.64 Å². The van der Waals surface area contributed by atoms with Gasteiger partial charge in [0.2, 0.25) is 0 Å². The van der Waals surface area contributed by atoms with Crippen molar-refractivity contribution in [3.05, 3.63) is 59.9 Å². The molecule has 0 amide bonds. The number of nitrogens with zero attached hydrogens (tertiary/aromatic N) is 2. The first-order valence-electron chi connectivity index (χ1n) is 11.2. The van der Waals surface area contributed by atoms with E-state index in [1.807, 2.05) is 6.07 Å². The second-order valence-corrected chi connectivity index (χ2v) is 11.1. The quantitative estimate of drug-likeness (QED) is 0.568. The molecule has 0 spiro atoms. The Morgan fingerprint density at radius 3 is 2.41 bits per heavy atom. The van der Waals surface area contributed by atoms with Crippen LogP contribution in [-0.2, 0) is 14.6 Å². The first-order chi connectivity index (χ1) is 16.0.